The normalized spacial score (nSPS) is 10.6. The molecule has 0 bridgehead atoms. The lowest BCUT2D eigenvalue weighted by Crippen LogP contribution is -2.14. The fourth-order valence-corrected chi connectivity index (χ4v) is 2.73. The second-order valence-corrected chi connectivity index (χ2v) is 6.03. The molecule has 0 aromatic heterocycles. The molecule has 7 heteroatoms. The number of halogens is 3. The van der Waals surface area contributed by atoms with E-state index in [0.29, 0.717) is 11.1 Å². The van der Waals surface area contributed by atoms with Crippen LogP contribution >= 0.6 is 0 Å². The zero-order valence-electron chi connectivity index (χ0n) is 14.8. The molecule has 0 spiro atoms. The molecule has 0 aliphatic rings. The fraction of sp³-hybridized carbons (Fsp3) is 0.0952. The molecule has 0 unspecified atom stereocenters. The molecular weight excluding hydrogens is 371 g/mol. The van der Waals surface area contributed by atoms with Gasteiger partial charge >= 0.3 is 5.97 Å². The number of hydrogen-bond donors (Lipinski definition) is 1. The number of carboxylic acid groups (broad SMARTS) is 1. The zero-order chi connectivity index (χ0) is 20.3. The summed E-state index contributed by atoms with van der Waals surface area (Å²) >= 11 is 0. The Hall–Kier alpha value is -3.48. The number of nitrogens with zero attached hydrogens (tertiary/aromatic N) is 1. The maximum Gasteiger partial charge on any atom is 0.341 e. The largest absolute Gasteiger partial charge is 0.482 e. The van der Waals surface area contributed by atoms with E-state index in [1.165, 1.54) is 54.4 Å². The third-order valence-corrected chi connectivity index (χ3v) is 4.11. The number of anilines is 2. The molecule has 0 aliphatic carbocycles. The number of carboxylic acids is 1. The first kappa shape index (κ1) is 19.3. The Balaban J connectivity index is 1.98. The van der Waals surface area contributed by atoms with Crippen molar-refractivity contribution < 1.29 is 27.8 Å². The minimum atomic E-state index is -1.17. The van der Waals surface area contributed by atoms with E-state index < -0.39 is 30.0 Å². The van der Waals surface area contributed by atoms with Crippen LogP contribution in [0.5, 0.6) is 5.75 Å². The summed E-state index contributed by atoms with van der Waals surface area (Å²) in [4.78, 5) is 11.9. The van der Waals surface area contributed by atoms with Crippen LogP contribution in [0.4, 0.5) is 24.5 Å². The van der Waals surface area contributed by atoms with Crippen LogP contribution in [0.25, 0.3) is 11.1 Å². The summed E-state index contributed by atoms with van der Waals surface area (Å²) in [6.07, 6.45) is 0. The highest BCUT2D eigenvalue weighted by atomic mass is 19.1. The van der Waals surface area contributed by atoms with Crippen molar-refractivity contribution in [1.82, 2.24) is 0 Å². The Morgan fingerprint density at radius 1 is 0.929 bits per heavy atom. The van der Waals surface area contributed by atoms with E-state index in [0.717, 1.165) is 6.07 Å². The summed E-state index contributed by atoms with van der Waals surface area (Å²) in [7, 11) is 1.47. The molecule has 0 amide bonds. The predicted octanol–water partition coefficient (Wildman–Crippen LogP) is 5.00. The molecule has 0 aliphatic heterocycles. The van der Waals surface area contributed by atoms with Gasteiger partial charge in [0.05, 0.1) is 11.4 Å². The predicted molar refractivity (Wildman–Crippen MR) is 99.4 cm³/mol. The van der Waals surface area contributed by atoms with Crippen LogP contribution < -0.4 is 9.64 Å². The second-order valence-electron chi connectivity index (χ2n) is 6.03. The number of benzene rings is 3. The van der Waals surface area contributed by atoms with Gasteiger partial charge in [0.1, 0.15) is 23.2 Å². The quantitative estimate of drug-likeness (QED) is 0.647. The highest BCUT2D eigenvalue weighted by molar-refractivity contribution is 5.73. The Morgan fingerprint density at radius 3 is 2.25 bits per heavy atom. The third-order valence-electron chi connectivity index (χ3n) is 4.11. The van der Waals surface area contributed by atoms with Gasteiger partial charge in [-0.05, 0) is 47.5 Å². The molecule has 4 nitrogen and oxygen atoms in total. The SMILES string of the molecule is CN(c1cc(OCC(=O)O)ccc1F)c1cc(-c2cccc(F)c2)ccc1F. The van der Waals surface area contributed by atoms with Gasteiger partial charge in [-0.2, -0.15) is 0 Å². The highest BCUT2D eigenvalue weighted by Crippen LogP contribution is 2.34. The summed E-state index contributed by atoms with van der Waals surface area (Å²) in [5.41, 5.74) is 1.17. The van der Waals surface area contributed by atoms with E-state index in [1.54, 1.807) is 12.1 Å². The van der Waals surface area contributed by atoms with E-state index in [4.69, 9.17) is 9.84 Å². The summed E-state index contributed by atoms with van der Waals surface area (Å²) in [5.74, 6) is -2.70. The van der Waals surface area contributed by atoms with E-state index >= 15 is 0 Å². The van der Waals surface area contributed by atoms with Gasteiger partial charge in [0.15, 0.2) is 6.61 Å². The van der Waals surface area contributed by atoms with Gasteiger partial charge in [-0.3, -0.25) is 0 Å². The molecular formula is C21H16F3NO3. The van der Waals surface area contributed by atoms with Gasteiger partial charge in [-0.1, -0.05) is 18.2 Å². The van der Waals surface area contributed by atoms with Crippen LogP contribution in [0.15, 0.2) is 60.7 Å². The van der Waals surface area contributed by atoms with Crippen LogP contribution in [-0.4, -0.2) is 24.7 Å². The Labute approximate surface area is 159 Å². The summed E-state index contributed by atoms with van der Waals surface area (Å²) in [5, 5.41) is 8.69. The van der Waals surface area contributed by atoms with Crippen LogP contribution in [0.3, 0.4) is 0 Å². The standard InChI is InChI=1S/C21H16F3NO3/c1-25(20-11-16(6-8-18(20)24)28-12-21(26)27)19-10-14(5-7-17(19)23)13-3-2-4-15(22)9-13/h2-11H,12H2,1H3,(H,26,27). The Bertz CT molecular complexity index is 1020. The van der Waals surface area contributed by atoms with Crippen molar-refractivity contribution in [2.75, 3.05) is 18.6 Å². The number of ether oxygens (including phenoxy) is 1. The second kappa shape index (κ2) is 8.04. The van der Waals surface area contributed by atoms with Crippen molar-refractivity contribution >= 4 is 17.3 Å². The Morgan fingerprint density at radius 2 is 1.57 bits per heavy atom. The molecule has 3 rings (SSSR count). The van der Waals surface area contributed by atoms with E-state index in [9.17, 15) is 18.0 Å². The summed E-state index contributed by atoms with van der Waals surface area (Å²) in [6.45, 7) is -0.585. The number of hydrogen-bond acceptors (Lipinski definition) is 3. The number of aliphatic carboxylic acids is 1. The van der Waals surface area contributed by atoms with Crippen molar-refractivity contribution in [2.45, 2.75) is 0 Å². The highest BCUT2D eigenvalue weighted by Gasteiger charge is 2.16. The van der Waals surface area contributed by atoms with Crippen molar-refractivity contribution in [3.8, 4) is 16.9 Å². The fourth-order valence-electron chi connectivity index (χ4n) is 2.73. The first-order chi connectivity index (χ1) is 13.3. The maximum atomic E-state index is 14.4. The average molecular weight is 387 g/mol. The summed E-state index contributed by atoms with van der Waals surface area (Å²) in [6, 6.07) is 13.7. The average Bonchev–Trinajstić information content (AvgIpc) is 2.67. The van der Waals surface area contributed by atoms with Crippen molar-refractivity contribution in [2.24, 2.45) is 0 Å². The first-order valence-electron chi connectivity index (χ1n) is 8.28. The van der Waals surface area contributed by atoms with Crippen molar-refractivity contribution in [3.63, 3.8) is 0 Å². The van der Waals surface area contributed by atoms with Gasteiger partial charge in [0.2, 0.25) is 0 Å². The van der Waals surface area contributed by atoms with Gasteiger partial charge in [0.25, 0.3) is 0 Å². The molecule has 0 atom stereocenters. The minimum absolute atomic E-state index is 0.00168. The lowest BCUT2D eigenvalue weighted by atomic mass is 10.0. The lowest BCUT2D eigenvalue weighted by Gasteiger charge is -2.22. The molecule has 0 saturated carbocycles. The molecule has 3 aromatic rings. The molecule has 3 aromatic carbocycles. The molecule has 1 N–H and O–H groups in total. The topological polar surface area (TPSA) is 49.8 Å². The summed E-state index contributed by atoms with van der Waals surface area (Å²) < 4.78 is 47.3. The molecule has 0 fully saturated rings. The monoisotopic (exact) mass is 387 g/mol. The van der Waals surface area contributed by atoms with E-state index in [1.807, 2.05) is 0 Å². The smallest absolute Gasteiger partial charge is 0.341 e. The lowest BCUT2D eigenvalue weighted by molar-refractivity contribution is -0.139. The van der Waals surface area contributed by atoms with Crippen molar-refractivity contribution in [1.29, 1.82) is 0 Å². The number of carbonyl (C=O) groups is 1. The van der Waals surface area contributed by atoms with Gasteiger partial charge < -0.3 is 14.7 Å². The van der Waals surface area contributed by atoms with E-state index in [2.05, 4.69) is 0 Å². The first-order valence-corrected chi connectivity index (χ1v) is 8.28. The molecule has 0 radical (unpaired) electrons. The van der Waals surface area contributed by atoms with Gasteiger partial charge in [0, 0.05) is 13.1 Å². The molecule has 0 saturated heterocycles. The molecule has 144 valence electrons. The third kappa shape index (κ3) is 4.25. The van der Waals surface area contributed by atoms with Crippen LogP contribution in [0.1, 0.15) is 0 Å². The molecule has 28 heavy (non-hydrogen) atoms. The zero-order valence-corrected chi connectivity index (χ0v) is 14.8. The Kier molecular flexibility index (Phi) is 5.54. The van der Waals surface area contributed by atoms with Crippen LogP contribution in [0, 0.1) is 17.5 Å². The van der Waals surface area contributed by atoms with Gasteiger partial charge in [-0.15, -0.1) is 0 Å². The van der Waals surface area contributed by atoms with Crippen molar-refractivity contribution in [3.05, 3.63) is 78.1 Å². The molecule has 0 heterocycles. The maximum absolute atomic E-state index is 14.4. The van der Waals surface area contributed by atoms with Crippen LogP contribution in [0.2, 0.25) is 0 Å². The van der Waals surface area contributed by atoms with Crippen LogP contribution in [-0.2, 0) is 4.79 Å². The number of rotatable bonds is 6. The van der Waals surface area contributed by atoms with Gasteiger partial charge in [-0.25, -0.2) is 18.0 Å². The minimum Gasteiger partial charge on any atom is -0.482 e. The van der Waals surface area contributed by atoms with E-state index in [-0.39, 0.29) is 17.1 Å².